The average Bonchev–Trinajstić information content (AvgIpc) is 2.71. The molecule has 178 valence electrons. The molecule has 0 aliphatic carbocycles. The van der Waals surface area contributed by atoms with Gasteiger partial charge in [-0.25, -0.2) is 0 Å². The van der Waals surface area contributed by atoms with Crippen LogP contribution in [0.5, 0.6) is 0 Å². The molecule has 0 aliphatic heterocycles. The molecule has 30 heavy (non-hydrogen) atoms. The van der Waals surface area contributed by atoms with Crippen LogP contribution in [0.3, 0.4) is 0 Å². The molecule has 0 aliphatic rings. The summed E-state index contributed by atoms with van der Waals surface area (Å²) < 4.78 is 28.2. The van der Waals surface area contributed by atoms with Crippen molar-refractivity contribution in [1.82, 2.24) is 0 Å². The highest BCUT2D eigenvalue weighted by atomic mass is 32.2. The minimum atomic E-state index is -2.70. The van der Waals surface area contributed by atoms with Crippen molar-refractivity contribution in [2.75, 3.05) is 38.8 Å². The van der Waals surface area contributed by atoms with Gasteiger partial charge in [0.1, 0.15) is 5.25 Å². The van der Waals surface area contributed by atoms with Crippen LogP contribution in [0.1, 0.15) is 73.1 Å². The molecule has 0 saturated carbocycles. The minimum Gasteiger partial charge on any atom is -0.466 e. The van der Waals surface area contributed by atoms with Crippen molar-refractivity contribution >= 4 is 32.5 Å². The summed E-state index contributed by atoms with van der Waals surface area (Å²) in [4.78, 5) is 24.6. The van der Waals surface area contributed by atoms with Crippen LogP contribution in [-0.2, 0) is 32.3 Å². The molecule has 0 bridgehead atoms. The van der Waals surface area contributed by atoms with Crippen LogP contribution >= 0.6 is 11.8 Å². The predicted molar refractivity (Wildman–Crippen MR) is 123 cm³/mol. The molecule has 0 heterocycles. The Balaban J connectivity index is 4.75. The second-order valence-corrected chi connectivity index (χ2v) is 10.8. The molecule has 1 atom stereocenters. The first-order chi connectivity index (χ1) is 14.5. The molecule has 0 aromatic rings. The smallest absolute Gasteiger partial charge is 0.466 e. The summed E-state index contributed by atoms with van der Waals surface area (Å²) in [5.41, 5.74) is 0. The Morgan fingerprint density at radius 3 is 1.83 bits per heavy atom. The van der Waals surface area contributed by atoms with E-state index < -0.39 is 14.1 Å². The maximum Gasteiger partial charge on any atom is 0.500 e. The molecule has 1 unspecified atom stereocenters. The molecule has 0 aromatic heterocycles. The Bertz CT molecular complexity index is 434. The van der Waals surface area contributed by atoms with Crippen molar-refractivity contribution in [3.8, 4) is 0 Å². The van der Waals surface area contributed by atoms with Crippen LogP contribution in [0.2, 0.25) is 6.04 Å². The molecule has 0 spiro atoms. The van der Waals surface area contributed by atoms with Crippen molar-refractivity contribution < 1.29 is 32.3 Å². The Hall–Kier alpha value is -0.613. The molecule has 0 aromatic carbocycles. The molecule has 0 fully saturated rings. The standard InChI is InChI=1S/C21H42O7SSi/c1-6-11-14-24-20(22)18-19(21(23)25-15-12-7-2)29-16-13-17-30(26-8-3,27-9-4)28-10-5/h19H,6-18H2,1-5H3. The molecule has 0 amide bonds. The molecule has 0 N–H and O–H groups in total. The second-order valence-electron chi connectivity index (χ2n) is 6.74. The Morgan fingerprint density at radius 2 is 1.33 bits per heavy atom. The fraction of sp³-hybridized carbons (Fsp3) is 0.905. The number of carbonyl (C=O) groups excluding carboxylic acids is 2. The van der Waals surface area contributed by atoms with Gasteiger partial charge in [0, 0.05) is 25.9 Å². The van der Waals surface area contributed by atoms with Gasteiger partial charge in [-0.1, -0.05) is 26.7 Å². The molecule has 7 nitrogen and oxygen atoms in total. The van der Waals surface area contributed by atoms with Gasteiger partial charge in [-0.2, -0.15) is 0 Å². The van der Waals surface area contributed by atoms with E-state index in [2.05, 4.69) is 0 Å². The SMILES string of the molecule is CCCCOC(=O)CC(SCCC[Si](OCC)(OCC)OCC)C(=O)OCCCC. The first-order valence-electron chi connectivity index (χ1n) is 11.3. The number of ether oxygens (including phenoxy) is 2. The normalized spacial score (nSPS) is 12.6. The first-order valence-corrected chi connectivity index (χ1v) is 14.3. The lowest BCUT2D eigenvalue weighted by Crippen LogP contribution is -2.46. The van der Waals surface area contributed by atoms with Crippen LogP contribution < -0.4 is 0 Å². The zero-order valence-electron chi connectivity index (χ0n) is 19.5. The van der Waals surface area contributed by atoms with E-state index in [9.17, 15) is 9.59 Å². The maximum atomic E-state index is 12.5. The predicted octanol–water partition coefficient (Wildman–Crippen LogP) is 4.60. The molecule has 9 heteroatoms. The number of hydrogen-bond donors (Lipinski definition) is 0. The molecule has 0 saturated heterocycles. The number of hydrogen-bond acceptors (Lipinski definition) is 8. The van der Waals surface area contributed by atoms with Crippen LogP contribution in [0, 0.1) is 0 Å². The lowest BCUT2D eigenvalue weighted by molar-refractivity contribution is -0.149. The van der Waals surface area contributed by atoms with E-state index in [1.54, 1.807) is 0 Å². The highest BCUT2D eigenvalue weighted by molar-refractivity contribution is 8.00. The van der Waals surface area contributed by atoms with Crippen LogP contribution in [0.4, 0.5) is 0 Å². The van der Waals surface area contributed by atoms with E-state index in [4.69, 9.17) is 22.8 Å². The Kier molecular flexibility index (Phi) is 18.7. The number of thioether (sulfide) groups is 1. The van der Waals surface area contributed by atoms with E-state index >= 15 is 0 Å². The summed E-state index contributed by atoms with van der Waals surface area (Å²) in [6.45, 7) is 12.3. The van der Waals surface area contributed by atoms with Crippen molar-refractivity contribution in [2.45, 2.75) is 84.4 Å². The van der Waals surface area contributed by atoms with Gasteiger partial charge in [-0.3, -0.25) is 9.59 Å². The number of carbonyl (C=O) groups is 2. The van der Waals surface area contributed by atoms with Gasteiger partial charge in [0.05, 0.1) is 19.6 Å². The largest absolute Gasteiger partial charge is 0.500 e. The van der Waals surface area contributed by atoms with Gasteiger partial charge in [-0.15, -0.1) is 11.8 Å². The lowest BCUT2D eigenvalue weighted by Gasteiger charge is -2.28. The third-order valence-electron chi connectivity index (χ3n) is 4.16. The van der Waals surface area contributed by atoms with Gasteiger partial charge < -0.3 is 22.8 Å². The van der Waals surface area contributed by atoms with Gasteiger partial charge >= 0.3 is 20.7 Å². The van der Waals surface area contributed by atoms with E-state index in [1.165, 1.54) is 11.8 Å². The van der Waals surface area contributed by atoms with E-state index in [0.717, 1.165) is 32.1 Å². The molecule has 0 radical (unpaired) electrons. The quantitative estimate of drug-likeness (QED) is 0.146. The second kappa shape index (κ2) is 19.1. The minimum absolute atomic E-state index is 0.0320. The lowest BCUT2D eigenvalue weighted by atomic mass is 10.3. The topological polar surface area (TPSA) is 80.3 Å². The fourth-order valence-corrected chi connectivity index (χ4v) is 6.60. The number of rotatable bonds is 20. The zero-order chi connectivity index (χ0) is 22.7. The van der Waals surface area contributed by atoms with Gasteiger partial charge in [0.15, 0.2) is 0 Å². The van der Waals surface area contributed by atoms with Crippen molar-refractivity contribution in [1.29, 1.82) is 0 Å². The van der Waals surface area contributed by atoms with Gasteiger partial charge in [0.2, 0.25) is 0 Å². The van der Waals surface area contributed by atoms with Gasteiger partial charge in [0.25, 0.3) is 0 Å². The molecular formula is C21H42O7SSi. The monoisotopic (exact) mass is 466 g/mol. The fourth-order valence-electron chi connectivity index (χ4n) is 2.68. The summed E-state index contributed by atoms with van der Waals surface area (Å²) in [5.74, 6) is -0.0171. The average molecular weight is 467 g/mol. The summed E-state index contributed by atoms with van der Waals surface area (Å²) in [6, 6.07) is 0.675. The summed E-state index contributed by atoms with van der Waals surface area (Å²) in [7, 11) is -2.70. The Morgan fingerprint density at radius 1 is 0.800 bits per heavy atom. The third-order valence-corrected chi connectivity index (χ3v) is 8.59. The maximum absolute atomic E-state index is 12.5. The first kappa shape index (κ1) is 29.4. The van der Waals surface area contributed by atoms with Crippen molar-refractivity contribution in [3.63, 3.8) is 0 Å². The van der Waals surface area contributed by atoms with Crippen LogP contribution in [-0.4, -0.2) is 64.8 Å². The van der Waals surface area contributed by atoms with Gasteiger partial charge in [-0.05, 0) is 45.8 Å². The van der Waals surface area contributed by atoms with Crippen LogP contribution in [0.15, 0.2) is 0 Å². The highest BCUT2D eigenvalue weighted by Crippen LogP contribution is 2.24. The van der Waals surface area contributed by atoms with E-state index in [-0.39, 0.29) is 18.4 Å². The molecule has 0 rings (SSSR count). The molecular weight excluding hydrogens is 424 g/mol. The van der Waals surface area contributed by atoms with Crippen molar-refractivity contribution in [2.24, 2.45) is 0 Å². The summed E-state index contributed by atoms with van der Waals surface area (Å²) >= 11 is 1.43. The highest BCUT2D eigenvalue weighted by Gasteiger charge is 2.39. The third kappa shape index (κ3) is 13.6. The number of unbranched alkanes of at least 4 members (excludes halogenated alkanes) is 2. The number of esters is 2. The zero-order valence-corrected chi connectivity index (χ0v) is 21.4. The van der Waals surface area contributed by atoms with E-state index in [1.807, 2.05) is 34.6 Å². The van der Waals surface area contributed by atoms with Crippen molar-refractivity contribution in [3.05, 3.63) is 0 Å². The van der Waals surface area contributed by atoms with E-state index in [0.29, 0.717) is 44.8 Å². The summed E-state index contributed by atoms with van der Waals surface area (Å²) in [6.07, 6.45) is 4.34. The Labute approximate surface area is 188 Å². The summed E-state index contributed by atoms with van der Waals surface area (Å²) in [5, 5.41) is -0.557. The van der Waals surface area contributed by atoms with Crippen LogP contribution in [0.25, 0.3) is 0 Å².